The summed E-state index contributed by atoms with van der Waals surface area (Å²) in [7, 11) is 0. The average molecular weight is 546 g/mol. The SMILES string of the molecule is Nc1ncnc2c1ncn2Cc1cc(-c2ccc(F)c(F)c2)ncc1N1CCC[C@](N)(c2cccc(CF)n2)C1. The highest BCUT2D eigenvalue weighted by Crippen LogP contribution is 2.34. The number of alkyl halides is 1. The second-order valence-corrected chi connectivity index (χ2v) is 9.96. The number of rotatable bonds is 6. The first-order valence-electron chi connectivity index (χ1n) is 12.8. The van der Waals surface area contributed by atoms with E-state index in [0.29, 0.717) is 59.9 Å². The fourth-order valence-electron chi connectivity index (χ4n) is 5.24. The summed E-state index contributed by atoms with van der Waals surface area (Å²) in [6, 6.07) is 10.8. The number of halogens is 3. The van der Waals surface area contributed by atoms with Crippen LogP contribution in [0.1, 0.15) is 29.8 Å². The van der Waals surface area contributed by atoms with Crippen molar-refractivity contribution in [2.75, 3.05) is 23.7 Å². The normalized spacial score (nSPS) is 17.4. The lowest BCUT2D eigenvalue weighted by molar-refractivity contribution is 0.342. The first-order valence-corrected chi connectivity index (χ1v) is 12.8. The van der Waals surface area contributed by atoms with Crippen LogP contribution in [0.25, 0.3) is 22.4 Å². The summed E-state index contributed by atoms with van der Waals surface area (Å²) in [5.41, 5.74) is 16.6. The predicted octanol–water partition coefficient (Wildman–Crippen LogP) is 4.12. The van der Waals surface area contributed by atoms with Crippen LogP contribution in [-0.2, 0) is 18.8 Å². The number of nitrogens with two attached hydrogens (primary N) is 2. The minimum atomic E-state index is -0.954. The molecule has 5 aromatic rings. The molecule has 40 heavy (non-hydrogen) atoms. The molecule has 0 spiro atoms. The second kappa shape index (κ2) is 10.2. The zero-order valence-corrected chi connectivity index (χ0v) is 21.4. The molecule has 1 aromatic carbocycles. The number of benzene rings is 1. The molecule has 1 aliphatic rings. The van der Waals surface area contributed by atoms with E-state index in [9.17, 15) is 13.2 Å². The molecule has 5 heterocycles. The van der Waals surface area contributed by atoms with Gasteiger partial charge >= 0.3 is 0 Å². The zero-order chi connectivity index (χ0) is 27.9. The highest BCUT2D eigenvalue weighted by Gasteiger charge is 2.35. The van der Waals surface area contributed by atoms with Gasteiger partial charge in [0.15, 0.2) is 23.1 Å². The molecule has 1 fully saturated rings. The van der Waals surface area contributed by atoms with Crippen molar-refractivity contribution in [2.24, 2.45) is 5.73 Å². The zero-order valence-electron chi connectivity index (χ0n) is 21.4. The summed E-state index contributed by atoms with van der Waals surface area (Å²) < 4.78 is 42.9. The Morgan fingerprint density at radius 1 is 1.00 bits per heavy atom. The van der Waals surface area contributed by atoms with Crippen molar-refractivity contribution in [1.82, 2.24) is 29.5 Å². The lowest BCUT2D eigenvalue weighted by Crippen LogP contribution is -2.52. The topological polar surface area (TPSA) is 125 Å². The first kappa shape index (κ1) is 25.7. The van der Waals surface area contributed by atoms with Gasteiger partial charge in [0, 0.05) is 18.7 Å². The van der Waals surface area contributed by atoms with E-state index in [-0.39, 0.29) is 5.82 Å². The molecule has 0 aliphatic carbocycles. The Balaban J connectivity index is 1.42. The van der Waals surface area contributed by atoms with Gasteiger partial charge in [-0.3, -0.25) is 9.97 Å². The number of hydrogen-bond donors (Lipinski definition) is 2. The molecule has 0 unspecified atom stereocenters. The standard InChI is InChI=1S/C28H26F3N9/c29-11-19-3-1-4-24(38-19)28(33)7-2-8-39(14-28)23-12-34-22(17-5-6-20(30)21(31)9-17)10-18(23)13-40-16-37-25-26(32)35-15-36-27(25)40/h1,3-6,9-10,12,15-16H,2,7-8,11,13-14,33H2,(H2,32,35,36)/t28-/m1/s1. The van der Waals surface area contributed by atoms with Gasteiger partial charge in [0.05, 0.1) is 47.4 Å². The van der Waals surface area contributed by atoms with Crippen LogP contribution in [0, 0.1) is 11.6 Å². The smallest absolute Gasteiger partial charge is 0.165 e. The van der Waals surface area contributed by atoms with E-state index in [2.05, 4.69) is 29.8 Å². The Bertz CT molecular complexity index is 1710. The number of aromatic nitrogens is 6. The van der Waals surface area contributed by atoms with Crippen LogP contribution >= 0.6 is 0 Å². The van der Waals surface area contributed by atoms with Crippen molar-refractivity contribution in [3.05, 3.63) is 89.9 Å². The van der Waals surface area contributed by atoms with Gasteiger partial charge in [0.2, 0.25) is 0 Å². The fourth-order valence-corrected chi connectivity index (χ4v) is 5.24. The molecule has 0 bridgehead atoms. The highest BCUT2D eigenvalue weighted by molar-refractivity contribution is 5.81. The van der Waals surface area contributed by atoms with E-state index in [4.69, 9.17) is 11.5 Å². The molecule has 0 saturated carbocycles. The molecule has 0 amide bonds. The van der Waals surface area contributed by atoms with E-state index in [1.807, 2.05) is 16.7 Å². The van der Waals surface area contributed by atoms with Gasteiger partial charge in [-0.05, 0) is 54.8 Å². The molecule has 12 heteroatoms. The second-order valence-electron chi connectivity index (χ2n) is 9.96. The monoisotopic (exact) mass is 545 g/mol. The third kappa shape index (κ3) is 4.70. The van der Waals surface area contributed by atoms with Crippen molar-refractivity contribution >= 4 is 22.7 Å². The Labute approximate surface area is 227 Å². The number of fused-ring (bicyclic) bond motifs is 1. The van der Waals surface area contributed by atoms with E-state index >= 15 is 0 Å². The third-order valence-corrected chi connectivity index (χ3v) is 7.27. The van der Waals surface area contributed by atoms with Crippen molar-refractivity contribution in [3.63, 3.8) is 0 Å². The van der Waals surface area contributed by atoms with E-state index < -0.39 is 23.8 Å². The largest absolute Gasteiger partial charge is 0.382 e. The minimum absolute atomic E-state index is 0.271. The molecule has 4 N–H and O–H groups in total. The Morgan fingerprint density at radius 2 is 1.88 bits per heavy atom. The molecule has 1 aliphatic heterocycles. The molecule has 9 nitrogen and oxygen atoms in total. The van der Waals surface area contributed by atoms with Crippen molar-refractivity contribution < 1.29 is 13.2 Å². The molecular formula is C28H26F3N9. The number of nitrogens with zero attached hydrogens (tertiary/aromatic N) is 7. The molecule has 1 atom stereocenters. The maximum Gasteiger partial charge on any atom is 0.165 e. The number of nitrogen functional groups attached to an aromatic ring is 1. The molecule has 204 valence electrons. The number of pyridine rings is 2. The number of imidazole rings is 1. The number of anilines is 2. The quantitative estimate of drug-likeness (QED) is 0.327. The van der Waals surface area contributed by atoms with Crippen molar-refractivity contribution in [1.29, 1.82) is 0 Å². The molecule has 0 radical (unpaired) electrons. The summed E-state index contributed by atoms with van der Waals surface area (Å²) in [6.45, 7) is 0.806. The summed E-state index contributed by atoms with van der Waals surface area (Å²) in [5, 5.41) is 0. The van der Waals surface area contributed by atoms with E-state index in [1.165, 1.54) is 12.4 Å². The summed E-state index contributed by atoms with van der Waals surface area (Å²) in [4.78, 5) is 23.9. The van der Waals surface area contributed by atoms with Crippen LogP contribution in [0.2, 0.25) is 0 Å². The Hall–Kier alpha value is -4.58. The molecular weight excluding hydrogens is 519 g/mol. The highest BCUT2D eigenvalue weighted by atomic mass is 19.2. The van der Waals surface area contributed by atoms with Crippen LogP contribution in [0.5, 0.6) is 0 Å². The lowest BCUT2D eigenvalue weighted by atomic mass is 9.86. The lowest BCUT2D eigenvalue weighted by Gasteiger charge is -2.41. The maximum absolute atomic E-state index is 14.1. The fraction of sp³-hybridized carbons (Fsp3) is 0.250. The van der Waals surface area contributed by atoms with Gasteiger partial charge in [-0.2, -0.15) is 0 Å². The molecule has 1 saturated heterocycles. The minimum Gasteiger partial charge on any atom is -0.382 e. The molecule has 4 aromatic heterocycles. The van der Waals surface area contributed by atoms with Gasteiger partial charge < -0.3 is 20.9 Å². The summed E-state index contributed by atoms with van der Waals surface area (Å²) in [6.07, 6.45) is 6.19. The summed E-state index contributed by atoms with van der Waals surface area (Å²) in [5.74, 6) is -1.61. The van der Waals surface area contributed by atoms with Crippen LogP contribution in [0.15, 0.2) is 61.3 Å². The average Bonchev–Trinajstić information content (AvgIpc) is 3.38. The predicted molar refractivity (Wildman–Crippen MR) is 145 cm³/mol. The Morgan fingerprint density at radius 3 is 2.70 bits per heavy atom. The van der Waals surface area contributed by atoms with Crippen LogP contribution in [-0.4, -0.2) is 42.6 Å². The van der Waals surface area contributed by atoms with Crippen LogP contribution in [0.4, 0.5) is 24.7 Å². The first-order chi connectivity index (χ1) is 19.3. The molecule has 6 rings (SSSR count). The van der Waals surface area contributed by atoms with Crippen LogP contribution < -0.4 is 16.4 Å². The number of hydrogen-bond acceptors (Lipinski definition) is 8. The van der Waals surface area contributed by atoms with Gasteiger partial charge in [-0.1, -0.05) is 6.07 Å². The summed E-state index contributed by atoms with van der Waals surface area (Å²) >= 11 is 0. The third-order valence-electron chi connectivity index (χ3n) is 7.27. The van der Waals surface area contributed by atoms with Crippen molar-refractivity contribution in [3.8, 4) is 11.3 Å². The number of piperidine rings is 1. The van der Waals surface area contributed by atoms with Crippen LogP contribution in [0.3, 0.4) is 0 Å². The van der Waals surface area contributed by atoms with E-state index in [0.717, 1.165) is 29.8 Å². The maximum atomic E-state index is 14.1. The van der Waals surface area contributed by atoms with Gasteiger partial charge in [0.1, 0.15) is 18.5 Å². The van der Waals surface area contributed by atoms with Gasteiger partial charge in [0.25, 0.3) is 0 Å². The van der Waals surface area contributed by atoms with Crippen molar-refractivity contribution in [2.45, 2.75) is 31.6 Å². The Kier molecular flexibility index (Phi) is 6.54. The van der Waals surface area contributed by atoms with Gasteiger partial charge in [-0.15, -0.1) is 0 Å². The van der Waals surface area contributed by atoms with E-state index in [1.54, 1.807) is 24.7 Å². The van der Waals surface area contributed by atoms with Gasteiger partial charge in [-0.25, -0.2) is 28.1 Å².